The maximum Gasteiger partial charge on any atom is 0.255 e. The number of amides is 2. The summed E-state index contributed by atoms with van der Waals surface area (Å²) in [5, 5.41) is 5.87. The van der Waals surface area contributed by atoms with Crippen LogP contribution in [0.1, 0.15) is 65.8 Å². The number of carbonyl (C=O) groups excluding carboxylic acids is 2. The molecule has 0 spiro atoms. The molecule has 200 valence electrons. The average Bonchev–Trinajstić information content (AvgIpc) is 2.93. The molecule has 0 radical (unpaired) electrons. The van der Waals surface area contributed by atoms with Crippen molar-refractivity contribution in [1.82, 2.24) is 5.32 Å². The van der Waals surface area contributed by atoms with Crippen LogP contribution in [0, 0.1) is 11.7 Å². The summed E-state index contributed by atoms with van der Waals surface area (Å²) in [6, 6.07) is 18.6. The normalized spacial score (nSPS) is 13.7. The molecule has 1 aliphatic rings. The van der Waals surface area contributed by atoms with E-state index in [1.807, 2.05) is 12.1 Å². The molecule has 0 aliphatic carbocycles. The number of hydrogen-bond donors (Lipinski definition) is 2. The van der Waals surface area contributed by atoms with E-state index in [9.17, 15) is 14.0 Å². The van der Waals surface area contributed by atoms with Crippen LogP contribution in [0.2, 0.25) is 0 Å². The van der Waals surface area contributed by atoms with Gasteiger partial charge in [0.1, 0.15) is 11.6 Å². The first-order chi connectivity index (χ1) is 18.4. The first-order valence-corrected chi connectivity index (χ1v) is 13.4. The molecule has 6 nitrogen and oxygen atoms in total. The molecular formula is C31H36FN3O3. The van der Waals surface area contributed by atoms with Crippen molar-refractivity contribution in [3.63, 3.8) is 0 Å². The van der Waals surface area contributed by atoms with Crippen molar-refractivity contribution in [2.75, 3.05) is 29.9 Å². The molecule has 0 aromatic heterocycles. The highest BCUT2D eigenvalue weighted by atomic mass is 19.1. The Kier molecular flexibility index (Phi) is 9.35. The minimum atomic E-state index is -0.316. The van der Waals surface area contributed by atoms with Gasteiger partial charge in [-0.3, -0.25) is 9.59 Å². The van der Waals surface area contributed by atoms with E-state index in [4.69, 9.17) is 4.74 Å². The lowest BCUT2D eigenvalue weighted by Gasteiger charge is -2.33. The number of benzene rings is 3. The smallest absolute Gasteiger partial charge is 0.255 e. The van der Waals surface area contributed by atoms with Crippen LogP contribution in [0.4, 0.5) is 15.8 Å². The molecule has 0 bridgehead atoms. The van der Waals surface area contributed by atoms with Crippen molar-refractivity contribution in [2.24, 2.45) is 5.92 Å². The SMILES string of the molecule is CCCCOc1ccc(C(=O)Nc2ccc(N3CCC(C)CC3)c(C(=O)NCc3ccc(F)cc3)c2)cc1. The highest BCUT2D eigenvalue weighted by Crippen LogP contribution is 2.29. The molecule has 1 fully saturated rings. The number of nitrogens with zero attached hydrogens (tertiary/aromatic N) is 1. The Bertz CT molecular complexity index is 1220. The number of halogens is 1. The molecule has 0 unspecified atom stereocenters. The Morgan fingerprint density at radius 2 is 1.68 bits per heavy atom. The lowest BCUT2D eigenvalue weighted by Crippen LogP contribution is -2.35. The number of piperidine rings is 1. The van der Waals surface area contributed by atoms with E-state index in [-0.39, 0.29) is 24.2 Å². The Morgan fingerprint density at radius 3 is 2.37 bits per heavy atom. The number of unbranched alkanes of at least 4 members (excludes halogenated alkanes) is 1. The fourth-order valence-electron chi connectivity index (χ4n) is 4.44. The Hall–Kier alpha value is -3.87. The average molecular weight is 518 g/mol. The second-order valence-electron chi connectivity index (χ2n) is 9.89. The van der Waals surface area contributed by atoms with Crippen LogP contribution < -0.4 is 20.3 Å². The van der Waals surface area contributed by atoms with Crippen molar-refractivity contribution < 1.29 is 18.7 Å². The van der Waals surface area contributed by atoms with Crippen molar-refractivity contribution in [3.05, 3.63) is 89.2 Å². The minimum absolute atomic E-state index is 0.243. The largest absolute Gasteiger partial charge is 0.494 e. The quantitative estimate of drug-likeness (QED) is 0.304. The fraction of sp³-hybridized carbons (Fsp3) is 0.355. The second-order valence-corrected chi connectivity index (χ2v) is 9.89. The monoisotopic (exact) mass is 517 g/mol. The van der Waals surface area contributed by atoms with Crippen LogP contribution in [0.15, 0.2) is 66.7 Å². The summed E-state index contributed by atoms with van der Waals surface area (Å²) in [6.07, 6.45) is 4.16. The number of hydrogen-bond acceptors (Lipinski definition) is 4. The van der Waals surface area contributed by atoms with Crippen LogP contribution in [0.3, 0.4) is 0 Å². The van der Waals surface area contributed by atoms with Gasteiger partial charge < -0.3 is 20.3 Å². The maximum absolute atomic E-state index is 13.3. The molecule has 1 saturated heterocycles. The van der Waals surface area contributed by atoms with Crippen LogP contribution >= 0.6 is 0 Å². The molecule has 2 amide bonds. The van der Waals surface area contributed by atoms with E-state index >= 15 is 0 Å². The van der Waals surface area contributed by atoms with Crippen molar-refractivity contribution in [3.8, 4) is 5.75 Å². The van der Waals surface area contributed by atoms with Crippen LogP contribution in [-0.4, -0.2) is 31.5 Å². The van der Waals surface area contributed by atoms with Gasteiger partial charge >= 0.3 is 0 Å². The highest BCUT2D eigenvalue weighted by Gasteiger charge is 2.22. The first-order valence-electron chi connectivity index (χ1n) is 13.4. The highest BCUT2D eigenvalue weighted by molar-refractivity contribution is 6.06. The Morgan fingerprint density at radius 1 is 0.974 bits per heavy atom. The van der Waals surface area contributed by atoms with E-state index in [2.05, 4.69) is 29.4 Å². The predicted octanol–water partition coefficient (Wildman–Crippen LogP) is 6.42. The number of rotatable bonds is 10. The van der Waals surface area contributed by atoms with Crippen molar-refractivity contribution in [2.45, 2.75) is 46.1 Å². The third kappa shape index (κ3) is 7.34. The summed E-state index contributed by atoms with van der Waals surface area (Å²) >= 11 is 0. The molecule has 0 atom stereocenters. The molecular weight excluding hydrogens is 481 g/mol. The van der Waals surface area contributed by atoms with Gasteiger partial charge in [-0.15, -0.1) is 0 Å². The molecule has 1 aliphatic heterocycles. The molecule has 0 saturated carbocycles. The minimum Gasteiger partial charge on any atom is -0.494 e. The zero-order chi connectivity index (χ0) is 26.9. The zero-order valence-corrected chi connectivity index (χ0v) is 22.1. The van der Waals surface area contributed by atoms with Gasteiger partial charge in [0.2, 0.25) is 0 Å². The van der Waals surface area contributed by atoms with Gasteiger partial charge in [-0.25, -0.2) is 4.39 Å². The summed E-state index contributed by atoms with van der Waals surface area (Å²) in [6.45, 7) is 7.03. The molecule has 2 N–H and O–H groups in total. The molecule has 1 heterocycles. The summed E-state index contributed by atoms with van der Waals surface area (Å²) in [4.78, 5) is 28.5. The molecule has 4 rings (SSSR count). The number of anilines is 2. The molecule has 3 aromatic carbocycles. The molecule has 3 aromatic rings. The van der Waals surface area contributed by atoms with Gasteiger partial charge in [-0.05, 0) is 85.3 Å². The fourth-order valence-corrected chi connectivity index (χ4v) is 4.44. The van der Waals surface area contributed by atoms with Gasteiger partial charge in [0, 0.05) is 36.6 Å². The summed E-state index contributed by atoms with van der Waals surface area (Å²) in [5.41, 5.74) is 3.20. The second kappa shape index (κ2) is 13.1. The Labute approximate surface area is 224 Å². The lowest BCUT2D eigenvalue weighted by molar-refractivity contribution is 0.0950. The van der Waals surface area contributed by atoms with Crippen LogP contribution in [0.5, 0.6) is 5.75 Å². The summed E-state index contributed by atoms with van der Waals surface area (Å²) in [5.74, 6) is 0.568. The molecule has 38 heavy (non-hydrogen) atoms. The predicted molar refractivity (Wildman–Crippen MR) is 149 cm³/mol. The third-order valence-electron chi connectivity index (χ3n) is 6.87. The van der Waals surface area contributed by atoms with E-state index in [0.717, 1.165) is 55.8 Å². The number of nitrogens with one attached hydrogen (secondary N) is 2. The van der Waals surface area contributed by atoms with Gasteiger partial charge in [0.05, 0.1) is 12.2 Å². The standard InChI is InChI=1S/C31H36FN3O3/c1-3-4-19-38-27-12-7-24(8-13-27)30(36)34-26-11-14-29(35-17-15-22(2)16-18-35)28(20-26)31(37)33-21-23-5-9-25(32)10-6-23/h5-14,20,22H,3-4,15-19,21H2,1-2H3,(H,33,37)(H,34,36). The van der Waals surface area contributed by atoms with Gasteiger partial charge in [-0.2, -0.15) is 0 Å². The van der Waals surface area contributed by atoms with E-state index < -0.39 is 0 Å². The molecule has 7 heteroatoms. The lowest BCUT2D eigenvalue weighted by atomic mass is 9.97. The summed E-state index contributed by atoms with van der Waals surface area (Å²) in [7, 11) is 0. The number of ether oxygens (including phenoxy) is 1. The van der Waals surface area contributed by atoms with Crippen molar-refractivity contribution in [1.29, 1.82) is 0 Å². The Balaban J connectivity index is 1.49. The van der Waals surface area contributed by atoms with Crippen LogP contribution in [0.25, 0.3) is 0 Å². The van der Waals surface area contributed by atoms with Crippen molar-refractivity contribution >= 4 is 23.2 Å². The zero-order valence-electron chi connectivity index (χ0n) is 22.1. The van der Waals surface area contributed by atoms with Gasteiger partial charge in [-0.1, -0.05) is 32.4 Å². The first kappa shape index (κ1) is 27.2. The van der Waals surface area contributed by atoms with E-state index in [1.165, 1.54) is 12.1 Å². The summed E-state index contributed by atoms with van der Waals surface area (Å²) < 4.78 is 18.9. The third-order valence-corrected chi connectivity index (χ3v) is 6.87. The number of carbonyl (C=O) groups is 2. The van der Waals surface area contributed by atoms with Gasteiger partial charge in [0.25, 0.3) is 11.8 Å². The van der Waals surface area contributed by atoms with E-state index in [0.29, 0.717) is 29.3 Å². The maximum atomic E-state index is 13.3. The van der Waals surface area contributed by atoms with E-state index in [1.54, 1.807) is 42.5 Å². The topological polar surface area (TPSA) is 70.7 Å². The van der Waals surface area contributed by atoms with Gasteiger partial charge in [0.15, 0.2) is 0 Å². The van der Waals surface area contributed by atoms with Crippen LogP contribution in [-0.2, 0) is 6.54 Å².